The van der Waals surface area contributed by atoms with Gasteiger partial charge in [-0.05, 0) is 57.5 Å². The molecule has 4 nitrogen and oxygen atoms in total. The molecule has 0 saturated carbocycles. The number of hydrogen-bond donors (Lipinski definition) is 2. The fourth-order valence-electron chi connectivity index (χ4n) is 3.38. The van der Waals surface area contributed by atoms with Gasteiger partial charge in [0.05, 0.1) is 6.17 Å². The van der Waals surface area contributed by atoms with Crippen LogP contribution in [0.25, 0.3) is 0 Å². The standard InChI is InChI=1S/C19H40N4/c1-6-18(20)23(13-8-16(2)3)12-7-10-22-19(5)9-11-21-15-17(4)14-19/h11,16-18,22H,6-10,12-15,20H2,1-5H3. The average Bonchev–Trinajstić information content (AvgIpc) is 2.66. The zero-order valence-electron chi connectivity index (χ0n) is 16.1. The summed E-state index contributed by atoms with van der Waals surface area (Å²) in [5.41, 5.74) is 6.48. The van der Waals surface area contributed by atoms with E-state index < -0.39 is 0 Å². The predicted molar refractivity (Wildman–Crippen MR) is 102 cm³/mol. The summed E-state index contributed by atoms with van der Waals surface area (Å²) in [4.78, 5) is 6.95. The summed E-state index contributed by atoms with van der Waals surface area (Å²) >= 11 is 0. The Hall–Kier alpha value is -0.450. The van der Waals surface area contributed by atoms with Crippen molar-refractivity contribution >= 4 is 6.21 Å². The molecule has 1 rings (SSSR count). The summed E-state index contributed by atoms with van der Waals surface area (Å²) < 4.78 is 0. The van der Waals surface area contributed by atoms with Crippen LogP contribution in [0.5, 0.6) is 0 Å². The second kappa shape index (κ2) is 10.4. The fraction of sp³-hybridized carbons (Fsp3) is 0.947. The van der Waals surface area contributed by atoms with Crippen LogP contribution in [0, 0.1) is 11.8 Å². The van der Waals surface area contributed by atoms with E-state index in [1.807, 2.05) is 0 Å². The van der Waals surface area contributed by atoms with Gasteiger partial charge in [-0.2, -0.15) is 0 Å². The fourth-order valence-corrected chi connectivity index (χ4v) is 3.38. The van der Waals surface area contributed by atoms with Gasteiger partial charge in [0.2, 0.25) is 0 Å². The maximum absolute atomic E-state index is 6.28. The Kier molecular flexibility index (Phi) is 9.33. The van der Waals surface area contributed by atoms with Gasteiger partial charge in [-0.3, -0.25) is 9.89 Å². The Labute approximate surface area is 144 Å². The maximum atomic E-state index is 6.28. The van der Waals surface area contributed by atoms with E-state index in [1.165, 1.54) is 12.8 Å². The first kappa shape index (κ1) is 20.6. The van der Waals surface area contributed by atoms with Gasteiger partial charge < -0.3 is 11.1 Å². The smallest absolute Gasteiger partial charge is 0.0569 e. The molecule has 3 atom stereocenters. The number of nitrogens with zero attached hydrogens (tertiary/aromatic N) is 2. The monoisotopic (exact) mass is 324 g/mol. The molecule has 1 heterocycles. The van der Waals surface area contributed by atoms with Crippen molar-refractivity contribution in [1.82, 2.24) is 10.2 Å². The van der Waals surface area contributed by atoms with Crippen molar-refractivity contribution < 1.29 is 0 Å². The number of hydrogen-bond acceptors (Lipinski definition) is 4. The lowest BCUT2D eigenvalue weighted by Gasteiger charge is -2.32. The van der Waals surface area contributed by atoms with Crippen LogP contribution in [0.15, 0.2) is 4.99 Å². The molecule has 0 aliphatic carbocycles. The van der Waals surface area contributed by atoms with Crippen molar-refractivity contribution in [1.29, 1.82) is 0 Å². The van der Waals surface area contributed by atoms with Crippen LogP contribution in [0.2, 0.25) is 0 Å². The van der Waals surface area contributed by atoms with E-state index in [0.29, 0.717) is 5.92 Å². The highest BCUT2D eigenvalue weighted by Crippen LogP contribution is 2.22. The van der Waals surface area contributed by atoms with Crippen LogP contribution in [0.3, 0.4) is 0 Å². The summed E-state index contributed by atoms with van der Waals surface area (Å²) in [6.07, 6.45) is 7.98. The molecule has 3 unspecified atom stereocenters. The predicted octanol–water partition coefficient (Wildman–Crippen LogP) is 3.27. The molecule has 3 N–H and O–H groups in total. The Morgan fingerprint density at radius 1 is 1.39 bits per heavy atom. The molecule has 0 saturated heterocycles. The van der Waals surface area contributed by atoms with Crippen LogP contribution in [-0.2, 0) is 0 Å². The third-order valence-electron chi connectivity index (χ3n) is 4.94. The molecular formula is C19H40N4. The quantitative estimate of drug-likeness (QED) is 0.479. The van der Waals surface area contributed by atoms with Gasteiger partial charge in [0, 0.05) is 31.3 Å². The molecule has 0 aromatic heterocycles. The lowest BCUT2D eigenvalue weighted by molar-refractivity contribution is 0.179. The van der Waals surface area contributed by atoms with E-state index in [1.54, 1.807) is 0 Å². The van der Waals surface area contributed by atoms with Gasteiger partial charge in [0.15, 0.2) is 0 Å². The van der Waals surface area contributed by atoms with Crippen LogP contribution in [0.4, 0.5) is 0 Å². The maximum Gasteiger partial charge on any atom is 0.0569 e. The summed E-state index contributed by atoms with van der Waals surface area (Å²) in [5.74, 6) is 1.41. The average molecular weight is 325 g/mol. The minimum atomic E-state index is 0.203. The summed E-state index contributed by atoms with van der Waals surface area (Å²) in [5, 5.41) is 3.79. The van der Waals surface area contributed by atoms with E-state index in [-0.39, 0.29) is 11.7 Å². The van der Waals surface area contributed by atoms with Gasteiger partial charge in [-0.15, -0.1) is 0 Å². The highest BCUT2D eigenvalue weighted by Gasteiger charge is 2.26. The normalized spacial score (nSPS) is 26.7. The van der Waals surface area contributed by atoms with Gasteiger partial charge in [0.25, 0.3) is 0 Å². The Balaban J connectivity index is 2.35. The number of nitrogens with one attached hydrogen (secondary N) is 1. The third kappa shape index (κ3) is 8.27. The van der Waals surface area contributed by atoms with Crippen molar-refractivity contribution in [2.24, 2.45) is 22.6 Å². The molecule has 0 bridgehead atoms. The minimum Gasteiger partial charge on any atom is -0.316 e. The molecule has 136 valence electrons. The third-order valence-corrected chi connectivity index (χ3v) is 4.94. The van der Waals surface area contributed by atoms with Gasteiger partial charge in [-0.25, -0.2) is 0 Å². The topological polar surface area (TPSA) is 53.6 Å². The van der Waals surface area contributed by atoms with Crippen molar-refractivity contribution in [3.8, 4) is 0 Å². The minimum absolute atomic E-state index is 0.203. The lowest BCUT2D eigenvalue weighted by Crippen LogP contribution is -2.46. The van der Waals surface area contributed by atoms with Crippen molar-refractivity contribution in [2.75, 3.05) is 26.2 Å². The zero-order valence-corrected chi connectivity index (χ0v) is 16.1. The molecular weight excluding hydrogens is 284 g/mol. The van der Waals surface area contributed by atoms with E-state index in [0.717, 1.165) is 51.4 Å². The van der Waals surface area contributed by atoms with E-state index in [4.69, 9.17) is 5.73 Å². The highest BCUT2D eigenvalue weighted by molar-refractivity contribution is 5.59. The van der Waals surface area contributed by atoms with E-state index >= 15 is 0 Å². The summed E-state index contributed by atoms with van der Waals surface area (Å²) in [6, 6.07) is 0. The van der Waals surface area contributed by atoms with Gasteiger partial charge >= 0.3 is 0 Å². The molecule has 0 fully saturated rings. The molecule has 0 amide bonds. The van der Waals surface area contributed by atoms with Crippen molar-refractivity contribution in [2.45, 2.75) is 78.4 Å². The first-order valence-corrected chi connectivity index (χ1v) is 9.59. The SMILES string of the molecule is CCC(N)N(CCCNC1(C)CC=NCC(C)C1)CCC(C)C. The van der Waals surface area contributed by atoms with Crippen LogP contribution in [-0.4, -0.2) is 49.0 Å². The zero-order chi connectivity index (χ0) is 17.3. The van der Waals surface area contributed by atoms with Gasteiger partial charge in [0.1, 0.15) is 0 Å². The van der Waals surface area contributed by atoms with Gasteiger partial charge in [-0.1, -0.05) is 27.7 Å². The number of nitrogens with two attached hydrogens (primary N) is 1. The summed E-state index contributed by atoms with van der Waals surface area (Å²) in [7, 11) is 0. The molecule has 1 aliphatic heterocycles. The second-order valence-electron chi connectivity index (χ2n) is 8.10. The molecule has 1 aliphatic rings. The number of rotatable bonds is 10. The lowest BCUT2D eigenvalue weighted by atomic mass is 9.88. The van der Waals surface area contributed by atoms with Crippen LogP contribution < -0.4 is 11.1 Å². The Bertz CT molecular complexity index is 342. The number of aliphatic imine (C=N–C) groups is 1. The van der Waals surface area contributed by atoms with E-state index in [2.05, 4.69) is 56.0 Å². The molecule has 0 radical (unpaired) electrons. The van der Waals surface area contributed by atoms with Crippen LogP contribution in [0.1, 0.15) is 66.7 Å². The largest absolute Gasteiger partial charge is 0.316 e. The Morgan fingerprint density at radius 2 is 2.13 bits per heavy atom. The first-order valence-electron chi connectivity index (χ1n) is 9.59. The second-order valence-corrected chi connectivity index (χ2v) is 8.10. The molecule has 23 heavy (non-hydrogen) atoms. The Morgan fingerprint density at radius 3 is 2.78 bits per heavy atom. The molecule has 0 aromatic carbocycles. The first-order chi connectivity index (χ1) is 10.9. The van der Waals surface area contributed by atoms with Crippen molar-refractivity contribution in [3.05, 3.63) is 0 Å². The molecule has 0 spiro atoms. The highest BCUT2D eigenvalue weighted by atomic mass is 15.2. The molecule has 0 aromatic rings. The van der Waals surface area contributed by atoms with E-state index in [9.17, 15) is 0 Å². The van der Waals surface area contributed by atoms with Crippen LogP contribution >= 0.6 is 0 Å². The summed E-state index contributed by atoms with van der Waals surface area (Å²) in [6.45, 7) is 15.6. The molecule has 4 heteroatoms. The van der Waals surface area contributed by atoms with Crippen molar-refractivity contribution in [3.63, 3.8) is 0 Å².